The molecule has 0 aromatic heterocycles. The highest BCUT2D eigenvalue weighted by Gasteiger charge is 2.07. The van der Waals surface area contributed by atoms with Crippen molar-refractivity contribution in [2.24, 2.45) is 5.73 Å². The van der Waals surface area contributed by atoms with Crippen LogP contribution in [0.3, 0.4) is 0 Å². The number of aryl methyl sites for hydroxylation is 1. The smallest absolute Gasteiger partial charge is 0.00775 e. The zero-order valence-corrected chi connectivity index (χ0v) is 12.3. The van der Waals surface area contributed by atoms with E-state index < -0.39 is 0 Å². The van der Waals surface area contributed by atoms with Gasteiger partial charge in [0.25, 0.3) is 0 Å². The summed E-state index contributed by atoms with van der Waals surface area (Å²) < 4.78 is 0. The first kappa shape index (κ1) is 14.6. The molecule has 0 radical (unpaired) electrons. The van der Waals surface area contributed by atoms with Crippen LogP contribution in [0.25, 0.3) is 0 Å². The summed E-state index contributed by atoms with van der Waals surface area (Å²) >= 11 is 1.96. The molecule has 17 heavy (non-hydrogen) atoms. The molecule has 1 rings (SSSR count). The number of thioether (sulfide) groups is 1. The SMILES string of the molecule is CCC(N)Cc1ccc(SC(C)CC)cc1C. The van der Waals surface area contributed by atoms with E-state index in [4.69, 9.17) is 5.73 Å². The summed E-state index contributed by atoms with van der Waals surface area (Å²) in [5.74, 6) is 0. The number of nitrogens with two attached hydrogens (primary N) is 1. The summed E-state index contributed by atoms with van der Waals surface area (Å²) in [5, 5.41) is 0.693. The molecule has 0 aliphatic carbocycles. The molecule has 1 nitrogen and oxygen atoms in total. The molecule has 0 bridgehead atoms. The van der Waals surface area contributed by atoms with Gasteiger partial charge in [0.15, 0.2) is 0 Å². The minimum Gasteiger partial charge on any atom is -0.327 e. The van der Waals surface area contributed by atoms with Gasteiger partial charge in [0, 0.05) is 16.2 Å². The molecule has 0 aliphatic rings. The van der Waals surface area contributed by atoms with Crippen LogP contribution in [0.2, 0.25) is 0 Å². The Labute approximate surface area is 110 Å². The lowest BCUT2D eigenvalue weighted by Crippen LogP contribution is -2.21. The van der Waals surface area contributed by atoms with Crippen molar-refractivity contribution in [1.82, 2.24) is 0 Å². The molecule has 0 heterocycles. The number of hydrogen-bond acceptors (Lipinski definition) is 2. The lowest BCUT2D eigenvalue weighted by atomic mass is 10.0. The largest absolute Gasteiger partial charge is 0.327 e. The molecule has 2 N–H and O–H groups in total. The van der Waals surface area contributed by atoms with Gasteiger partial charge in [-0.25, -0.2) is 0 Å². The Balaban J connectivity index is 2.72. The Morgan fingerprint density at radius 1 is 1.24 bits per heavy atom. The third kappa shape index (κ3) is 4.72. The summed E-state index contributed by atoms with van der Waals surface area (Å²) in [6, 6.07) is 7.08. The second-order valence-electron chi connectivity index (χ2n) is 4.80. The molecule has 1 aromatic rings. The number of hydrogen-bond donors (Lipinski definition) is 1. The highest BCUT2D eigenvalue weighted by atomic mass is 32.2. The predicted octanol–water partition coefficient (Wildman–Crippen LogP) is 4.17. The second-order valence-corrected chi connectivity index (χ2v) is 6.31. The minimum absolute atomic E-state index is 0.293. The summed E-state index contributed by atoms with van der Waals surface area (Å²) in [5.41, 5.74) is 8.78. The molecule has 0 saturated heterocycles. The molecule has 2 unspecified atom stereocenters. The average molecular weight is 251 g/mol. The summed E-state index contributed by atoms with van der Waals surface area (Å²) in [7, 11) is 0. The van der Waals surface area contributed by atoms with E-state index in [0.717, 1.165) is 12.8 Å². The fourth-order valence-electron chi connectivity index (χ4n) is 1.71. The van der Waals surface area contributed by atoms with E-state index in [9.17, 15) is 0 Å². The lowest BCUT2D eigenvalue weighted by molar-refractivity contribution is 0.644. The van der Waals surface area contributed by atoms with Gasteiger partial charge in [-0.15, -0.1) is 11.8 Å². The van der Waals surface area contributed by atoms with Gasteiger partial charge in [0.05, 0.1) is 0 Å². The quantitative estimate of drug-likeness (QED) is 0.768. The van der Waals surface area contributed by atoms with E-state index in [1.54, 1.807) is 0 Å². The number of benzene rings is 1. The van der Waals surface area contributed by atoms with Crippen LogP contribution in [0, 0.1) is 6.92 Å². The Morgan fingerprint density at radius 2 is 1.94 bits per heavy atom. The summed E-state index contributed by atoms with van der Waals surface area (Å²) in [6.45, 7) is 8.85. The normalized spacial score (nSPS) is 14.6. The zero-order valence-electron chi connectivity index (χ0n) is 11.5. The van der Waals surface area contributed by atoms with E-state index in [1.165, 1.54) is 22.4 Å². The first-order valence-electron chi connectivity index (χ1n) is 6.58. The van der Waals surface area contributed by atoms with Crippen LogP contribution >= 0.6 is 11.8 Å². The molecule has 0 aliphatic heterocycles. The average Bonchev–Trinajstić information content (AvgIpc) is 2.32. The van der Waals surface area contributed by atoms with E-state index >= 15 is 0 Å². The van der Waals surface area contributed by atoms with E-state index in [2.05, 4.69) is 45.9 Å². The molecule has 0 amide bonds. The molecule has 2 atom stereocenters. The fraction of sp³-hybridized carbons (Fsp3) is 0.600. The van der Waals surface area contributed by atoms with Crippen molar-refractivity contribution in [3.63, 3.8) is 0 Å². The molecule has 1 aromatic carbocycles. The summed E-state index contributed by atoms with van der Waals surface area (Å²) in [4.78, 5) is 1.38. The van der Waals surface area contributed by atoms with Crippen LogP contribution < -0.4 is 5.73 Å². The van der Waals surface area contributed by atoms with Gasteiger partial charge in [0.1, 0.15) is 0 Å². The van der Waals surface area contributed by atoms with Crippen LogP contribution in [-0.2, 0) is 6.42 Å². The van der Waals surface area contributed by atoms with Crippen LogP contribution in [0.4, 0.5) is 0 Å². The van der Waals surface area contributed by atoms with Gasteiger partial charge in [0.2, 0.25) is 0 Å². The van der Waals surface area contributed by atoms with Gasteiger partial charge < -0.3 is 5.73 Å². The Bertz CT molecular complexity index is 349. The summed E-state index contributed by atoms with van der Waals surface area (Å²) in [6.07, 6.45) is 3.26. The van der Waals surface area contributed by atoms with Crippen LogP contribution in [0.5, 0.6) is 0 Å². The third-order valence-corrected chi connectivity index (χ3v) is 4.49. The first-order valence-corrected chi connectivity index (χ1v) is 7.46. The van der Waals surface area contributed by atoms with Crippen molar-refractivity contribution >= 4 is 11.8 Å². The molecule has 0 fully saturated rings. The molecular weight excluding hydrogens is 226 g/mol. The Morgan fingerprint density at radius 3 is 2.47 bits per heavy atom. The molecule has 0 spiro atoms. The van der Waals surface area contributed by atoms with Gasteiger partial charge in [-0.1, -0.05) is 26.8 Å². The molecule has 2 heteroatoms. The molecule has 0 saturated carbocycles. The second kappa shape index (κ2) is 7.07. The Hall–Kier alpha value is -0.470. The third-order valence-electron chi connectivity index (χ3n) is 3.23. The number of rotatable bonds is 6. The van der Waals surface area contributed by atoms with Crippen LogP contribution in [0.15, 0.2) is 23.1 Å². The van der Waals surface area contributed by atoms with Crippen molar-refractivity contribution in [2.45, 2.75) is 63.1 Å². The van der Waals surface area contributed by atoms with Gasteiger partial charge >= 0.3 is 0 Å². The minimum atomic E-state index is 0.293. The molecular formula is C15H25NS. The van der Waals surface area contributed by atoms with Gasteiger partial charge in [-0.2, -0.15) is 0 Å². The van der Waals surface area contributed by atoms with Crippen LogP contribution in [0.1, 0.15) is 44.7 Å². The van der Waals surface area contributed by atoms with Crippen molar-refractivity contribution < 1.29 is 0 Å². The highest BCUT2D eigenvalue weighted by molar-refractivity contribution is 7.99. The van der Waals surface area contributed by atoms with E-state index in [0.29, 0.717) is 11.3 Å². The maximum absolute atomic E-state index is 6.01. The maximum Gasteiger partial charge on any atom is 0.00775 e. The van der Waals surface area contributed by atoms with Crippen molar-refractivity contribution in [1.29, 1.82) is 0 Å². The lowest BCUT2D eigenvalue weighted by Gasteiger charge is -2.14. The van der Waals surface area contributed by atoms with Crippen LogP contribution in [-0.4, -0.2) is 11.3 Å². The van der Waals surface area contributed by atoms with E-state index in [-0.39, 0.29) is 0 Å². The molecule has 96 valence electrons. The van der Waals surface area contributed by atoms with Crippen molar-refractivity contribution in [3.8, 4) is 0 Å². The standard InChI is InChI=1S/C15H25NS/c1-5-12(4)17-15-8-7-13(11(3)9-15)10-14(16)6-2/h7-9,12,14H,5-6,10,16H2,1-4H3. The predicted molar refractivity (Wildman–Crippen MR) is 78.8 cm³/mol. The van der Waals surface area contributed by atoms with Crippen molar-refractivity contribution in [2.75, 3.05) is 0 Å². The fourth-order valence-corrected chi connectivity index (χ4v) is 2.74. The van der Waals surface area contributed by atoms with Gasteiger partial charge in [-0.3, -0.25) is 0 Å². The zero-order chi connectivity index (χ0) is 12.8. The monoisotopic (exact) mass is 251 g/mol. The highest BCUT2D eigenvalue weighted by Crippen LogP contribution is 2.27. The Kier molecular flexibility index (Phi) is 6.07. The first-order chi connectivity index (χ1) is 8.06. The van der Waals surface area contributed by atoms with Gasteiger partial charge in [-0.05, 0) is 49.4 Å². The maximum atomic E-state index is 6.01. The van der Waals surface area contributed by atoms with E-state index in [1.807, 2.05) is 11.8 Å². The topological polar surface area (TPSA) is 26.0 Å². The van der Waals surface area contributed by atoms with Crippen molar-refractivity contribution in [3.05, 3.63) is 29.3 Å².